The molecule has 0 rings (SSSR count). The molecule has 0 saturated carbocycles. The summed E-state index contributed by atoms with van der Waals surface area (Å²) in [6, 6.07) is 0. The van der Waals surface area contributed by atoms with Crippen LogP contribution in [-0.2, 0) is 14.8 Å². The predicted octanol–water partition coefficient (Wildman–Crippen LogP) is 0.471. The zero-order valence-electron chi connectivity index (χ0n) is 7.33. The standard InChI is InChI=1S/C6H13NO4S/c1-4-5(2)11-6(8)7-12(3,9)10/h5H,4H2,1-3H3,(H,7,8). The Morgan fingerprint density at radius 3 is 2.42 bits per heavy atom. The lowest BCUT2D eigenvalue weighted by molar-refractivity contribution is 0.110. The van der Waals surface area contributed by atoms with Crippen LogP contribution >= 0.6 is 0 Å². The Hall–Kier alpha value is -0.780. The van der Waals surface area contributed by atoms with Gasteiger partial charge in [-0.05, 0) is 13.3 Å². The van der Waals surface area contributed by atoms with E-state index >= 15 is 0 Å². The summed E-state index contributed by atoms with van der Waals surface area (Å²) in [5.74, 6) is 0. The Bertz CT molecular complexity index is 246. The van der Waals surface area contributed by atoms with Crippen molar-refractivity contribution in [3.63, 3.8) is 0 Å². The van der Waals surface area contributed by atoms with Crippen LogP contribution in [0.2, 0.25) is 0 Å². The maximum Gasteiger partial charge on any atom is 0.421 e. The maximum atomic E-state index is 10.7. The maximum absolute atomic E-state index is 10.7. The first kappa shape index (κ1) is 11.2. The topological polar surface area (TPSA) is 72.5 Å². The quantitative estimate of drug-likeness (QED) is 0.710. The van der Waals surface area contributed by atoms with E-state index in [2.05, 4.69) is 4.74 Å². The molecule has 6 heteroatoms. The van der Waals surface area contributed by atoms with Gasteiger partial charge in [0, 0.05) is 0 Å². The Morgan fingerprint density at radius 1 is 1.58 bits per heavy atom. The third-order valence-corrected chi connectivity index (χ3v) is 1.69. The van der Waals surface area contributed by atoms with Crippen molar-refractivity contribution in [1.82, 2.24) is 4.72 Å². The molecule has 0 aromatic carbocycles. The van der Waals surface area contributed by atoms with Gasteiger partial charge in [-0.2, -0.15) is 0 Å². The highest BCUT2D eigenvalue weighted by molar-refractivity contribution is 7.89. The third kappa shape index (κ3) is 5.96. The van der Waals surface area contributed by atoms with E-state index in [1.165, 1.54) is 0 Å². The number of hydrogen-bond acceptors (Lipinski definition) is 4. The number of hydrogen-bond donors (Lipinski definition) is 1. The van der Waals surface area contributed by atoms with Crippen molar-refractivity contribution in [2.45, 2.75) is 26.4 Å². The van der Waals surface area contributed by atoms with Crippen LogP contribution in [0.15, 0.2) is 0 Å². The van der Waals surface area contributed by atoms with Crippen molar-refractivity contribution in [1.29, 1.82) is 0 Å². The van der Waals surface area contributed by atoms with E-state index in [4.69, 9.17) is 0 Å². The highest BCUT2D eigenvalue weighted by atomic mass is 32.2. The van der Waals surface area contributed by atoms with E-state index in [1.54, 1.807) is 11.6 Å². The molecule has 0 aliphatic carbocycles. The normalized spacial score (nSPS) is 13.6. The number of sulfonamides is 1. The molecule has 0 fully saturated rings. The fraction of sp³-hybridized carbons (Fsp3) is 0.833. The van der Waals surface area contributed by atoms with Crippen molar-refractivity contribution >= 4 is 16.1 Å². The van der Waals surface area contributed by atoms with E-state index in [0.717, 1.165) is 6.26 Å². The summed E-state index contributed by atoms with van der Waals surface area (Å²) in [5, 5.41) is 0. The molecule has 1 N–H and O–H groups in total. The summed E-state index contributed by atoms with van der Waals surface area (Å²) in [7, 11) is -3.50. The number of carbonyl (C=O) groups excluding carboxylic acids is 1. The van der Waals surface area contributed by atoms with E-state index < -0.39 is 16.1 Å². The molecule has 0 radical (unpaired) electrons. The van der Waals surface area contributed by atoms with E-state index in [9.17, 15) is 13.2 Å². The molecule has 0 bridgehead atoms. The minimum atomic E-state index is -3.50. The van der Waals surface area contributed by atoms with Gasteiger partial charge in [-0.1, -0.05) is 6.92 Å². The summed E-state index contributed by atoms with van der Waals surface area (Å²) in [6.07, 6.45) is 0.348. The molecule has 12 heavy (non-hydrogen) atoms. The van der Waals surface area contributed by atoms with Gasteiger partial charge in [-0.15, -0.1) is 0 Å². The molecule has 5 nitrogen and oxygen atoms in total. The summed E-state index contributed by atoms with van der Waals surface area (Å²) in [5.41, 5.74) is 0. The minimum Gasteiger partial charge on any atom is -0.446 e. The monoisotopic (exact) mass is 195 g/mol. The molecular weight excluding hydrogens is 182 g/mol. The summed E-state index contributed by atoms with van der Waals surface area (Å²) < 4.78 is 27.3. The molecule has 1 atom stereocenters. The molecule has 72 valence electrons. The lowest BCUT2D eigenvalue weighted by atomic mass is 10.3. The van der Waals surface area contributed by atoms with Gasteiger partial charge in [0.2, 0.25) is 10.0 Å². The highest BCUT2D eigenvalue weighted by Gasteiger charge is 2.11. The first-order valence-corrected chi connectivity index (χ1v) is 5.42. The Labute approximate surface area is 72.1 Å². The number of carbonyl (C=O) groups is 1. The molecule has 1 amide bonds. The van der Waals surface area contributed by atoms with Gasteiger partial charge in [0.05, 0.1) is 6.26 Å². The second-order valence-corrected chi connectivity index (χ2v) is 4.25. The molecule has 0 aliphatic rings. The second kappa shape index (κ2) is 4.30. The average Bonchev–Trinajstić information content (AvgIpc) is 1.82. The molecule has 0 heterocycles. The van der Waals surface area contributed by atoms with Crippen molar-refractivity contribution in [2.75, 3.05) is 6.26 Å². The van der Waals surface area contributed by atoms with Gasteiger partial charge in [0.15, 0.2) is 0 Å². The van der Waals surface area contributed by atoms with Crippen LogP contribution in [0.1, 0.15) is 20.3 Å². The van der Waals surface area contributed by atoms with Gasteiger partial charge in [-0.25, -0.2) is 17.9 Å². The minimum absolute atomic E-state index is 0.272. The van der Waals surface area contributed by atoms with Gasteiger partial charge < -0.3 is 4.74 Å². The number of nitrogens with one attached hydrogen (secondary N) is 1. The van der Waals surface area contributed by atoms with Crippen molar-refractivity contribution < 1.29 is 17.9 Å². The SMILES string of the molecule is CCC(C)OC(=O)NS(C)(=O)=O. The number of ether oxygens (including phenoxy) is 1. The number of amides is 1. The van der Waals surface area contributed by atoms with E-state index in [0.29, 0.717) is 6.42 Å². The van der Waals surface area contributed by atoms with Crippen molar-refractivity contribution in [3.05, 3.63) is 0 Å². The van der Waals surface area contributed by atoms with Crippen LogP contribution in [0.4, 0.5) is 4.79 Å². The Morgan fingerprint density at radius 2 is 2.08 bits per heavy atom. The van der Waals surface area contributed by atoms with Gasteiger partial charge >= 0.3 is 6.09 Å². The second-order valence-electron chi connectivity index (χ2n) is 2.50. The molecule has 0 aliphatic heterocycles. The lowest BCUT2D eigenvalue weighted by Gasteiger charge is -2.10. The van der Waals surface area contributed by atoms with Gasteiger partial charge in [0.1, 0.15) is 6.10 Å². The number of rotatable bonds is 3. The van der Waals surface area contributed by atoms with Crippen LogP contribution in [0.3, 0.4) is 0 Å². The fourth-order valence-corrected chi connectivity index (χ4v) is 0.792. The highest BCUT2D eigenvalue weighted by Crippen LogP contribution is 1.95. The smallest absolute Gasteiger partial charge is 0.421 e. The van der Waals surface area contributed by atoms with E-state index in [-0.39, 0.29) is 6.10 Å². The molecule has 0 spiro atoms. The first-order chi connectivity index (χ1) is 5.35. The first-order valence-electron chi connectivity index (χ1n) is 3.53. The molecule has 0 aromatic rings. The zero-order valence-corrected chi connectivity index (χ0v) is 8.14. The Kier molecular flexibility index (Phi) is 4.02. The van der Waals surface area contributed by atoms with Crippen molar-refractivity contribution in [3.8, 4) is 0 Å². The fourth-order valence-electron chi connectivity index (χ4n) is 0.441. The predicted molar refractivity (Wildman–Crippen MR) is 44.2 cm³/mol. The van der Waals surface area contributed by atoms with Crippen LogP contribution in [0.25, 0.3) is 0 Å². The van der Waals surface area contributed by atoms with Gasteiger partial charge in [0.25, 0.3) is 0 Å². The lowest BCUT2D eigenvalue weighted by Crippen LogP contribution is -2.32. The van der Waals surface area contributed by atoms with Crippen LogP contribution in [0, 0.1) is 0 Å². The summed E-state index contributed by atoms with van der Waals surface area (Å²) >= 11 is 0. The van der Waals surface area contributed by atoms with E-state index in [1.807, 2.05) is 6.92 Å². The van der Waals surface area contributed by atoms with Gasteiger partial charge in [-0.3, -0.25) is 0 Å². The molecule has 0 saturated heterocycles. The van der Waals surface area contributed by atoms with Crippen LogP contribution in [0.5, 0.6) is 0 Å². The summed E-state index contributed by atoms with van der Waals surface area (Å²) in [6.45, 7) is 3.51. The molecule has 0 aromatic heterocycles. The Balaban J connectivity index is 3.92. The largest absolute Gasteiger partial charge is 0.446 e. The van der Waals surface area contributed by atoms with Crippen molar-refractivity contribution in [2.24, 2.45) is 0 Å². The van der Waals surface area contributed by atoms with Crippen LogP contribution in [-0.4, -0.2) is 26.9 Å². The third-order valence-electron chi connectivity index (χ3n) is 1.15. The average molecular weight is 195 g/mol. The zero-order chi connectivity index (χ0) is 9.78. The molecule has 1 unspecified atom stereocenters. The summed E-state index contributed by atoms with van der Waals surface area (Å²) in [4.78, 5) is 10.7. The molecular formula is C6H13NO4S. The van der Waals surface area contributed by atoms with Crippen LogP contribution < -0.4 is 4.72 Å².